The lowest BCUT2D eigenvalue weighted by Crippen LogP contribution is -2.22. The van der Waals surface area contributed by atoms with Gasteiger partial charge in [0, 0.05) is 19.6 Å². The van der Waals surface area contributed by atoms with Gasteiger partial charge in [0.1, 0.15) is 0 Å². The minimum atomic E-state index is -0.877. The Hall–Kier alpha value is -1.04. The molecule has 3 nitrogen and oxygen atoms in total. The van der Waals surface area contributed by atoms with E-state index in [0.717, 1.165) is 12.1 Å². The summed E-state index contributed by atoms with van der Waals surface area (Å²) in [5.74, 6) is -1.75. The molecule has 2 unspecified atom stereocenters. The number of halogens is 2. The Kier molecular flexibility index (Phi) is 3.18. The summed E-state index contributed by atoms with van der Waals surface area (Å²) >= 11 is 0. The molecule has 1 saturated heterocycles. The minimum Gasteiger partial charge on any atom is -0.389 e. The highest BCUT2D eigenvalue weighted by Crippen LogP contribution is 2.15. The molecule has 0 radical (unpaired) electrons. The lowest BCUT2D eigenvalue weighted by Gasteiger charge is -2.14. The molecule has 1 aliphatic heterocycles. The van der Waals surface area contributed by atoms with Crippen molar-refractivity contribution in [2.75, 3.05) is 13.1 Å². The summed E-state index contributed by atoms with van der Waals surface area (Å²) in [7, 11) is 0. The van der Waals surface area contributed by atoms with Crippen molar-refractivity contribution >= 4 is 0 Å². The smallest absolute Gasteiger partial charge is 0.159 e. The quantitative estimate of drug-likeness (QED) is 0.776. The first-order chi connectivity index (χ1) is 7.56. The Morgan fingerprint density at radius 2 is 1.75 bits per heavy atom. The number of aliphatic hydroxyl groups excluding tert-OH is 2. The van der Waals surface area contributed by atoms with Crippen molar-refractivity contribution in [3.8, 4) is 0 Å². The van der Waals surface area contributed by atoms with Crippen LogP contribution in [0.5, 0.6) is 0 Å². The van der Waals surface area contributed by atoms with Crippen molar-refractivity contribution in [3.05, 3.63) is 35.4 Å². The molecule has 5 heteroatoms. The normalized spacial score (nSPS) is 26.2. The summed E-state index contributed by atoms with van der Waals surface area (Å²) in [5, 5.41) is 18.6. The third kappa shape index (κ3) is 2.37. The maximum Gasteiger partial charge on any atom is 0.159 e. The van der Waals surface area contributed by atoms with Gasteiger partial charge in [0.15, 0.2) is 11.6 Å². The SMILES string of the molecule is OC1CN(Cc2ccc(F)c(F)c2)CC1O. The molecule has 1 fully saturated rings. The fourth-order valence-electron chi connectivity index (χ4n) is 1.87. The van der Waals surface area contributed by atoms with E-state index in [2.05, 4.69) is 0 Å². The van der Waals surface area contributed by atoms with Gasteiger partial charge in [-0.3, -0.25) is 4.90 Å². The maximum atomic E-state index is 12.9. The Morgan fingerprint density at radius 1 is 1.12 bits per heavy atom. The molecule has 0 saturated carbocycles. The number of hydrogen-bond donors (Lipinski definition) is 2. The van der Waals surface area contributed by atoms with Crippen LogP contribution in [0.2, 0.25) is 0 Å². The molecule has 0 bridgehead atoms. The summed E-state index contributed by atoms with van der Waals surface area (Å²) in [5.41, 5.74) is 0.625. The number of aliphatic hydroxyl groups is 2. The van der Waals surface area contributed by atoms with E-state index in [1.54, 1.807) is 4.90 Å². The van der Waals surface area contributed by atoms with Gasteiger partial charge in [0.2, 0.25) is 0 Å². The van der Waals surface area contributed by atoms with E-state index in [1.165, 1.54) is 6.07 Å². The molecule has 1 aliphatic rings. The largest absolute Gasteiger partial charge is 0.389 e. The van der Waals surface area contributed by atoms with Crippen LogP contribution in [0, 0.1) is 11.6 Å². The molecule has 0 amide bonds. The van der Waals surface area contributed by atoms with Gasteiger partial charge in [-0.05, 0) is 17.7 Å². The first-order valence-corrected chi connectivity index (χ1v) is 5.08. The fraction of sp³-hybridized carbons (Fsp3) is 0.455. The van der Waals surface area contributed by atoms with Crippen LogP contribution in [0.15, 0.2) is 18.2 Å². The summed E-state index contributed by atoms with van der Waals surface area (Å²) < 4.78 is 25.6. The summed E-state index contributed by atoms with van der Waals surface area (Å²) in [6.45, 7) is 1.09. The van der Waals surface area contributed by atoms with E-state index in [1.807, 2.05) is 0 Å². The zero-order valence-electron chi connectivity index (χ0n) is 8.61. The van der Waals surface area contributed by atoms with E-state index >= 15 is 0 Å². The standard InChI is InChI=1S/C11H13F2NO2/c12-8-2-1-7(3-9(8)13)4-14-5-10(15)11(16)6-14/h1-3,10-11,15-16H,4-6H2. The summed E-state index contributed by atoms with van der Waals surface area (Å²) in [4.78, 5) is 1.79. The first-order valence-electron chi connectivity index (χ1n) is 5.08. The number of hydrogen-bond acceptors (Lipinski definition) is 3. The van der Waals surface area contributed by atoms with Crippen LogP contribution in [-0.4, -0.2) is 40.4 Å². The Balaban J connectivity index is 2.02. The van der Waals surface area contributed by atoms with Crippen molar-refractivity contribution in [2.45, 2.75) is 18.8 Å². The predicted molar refractivity (Wildman–Crippen MR) is 53.6 cm³/mol. The molecule has 1 aromatic rings. The molecule has 0 aromatic heterocycles. The van der Waals surface area contributed by atoms with Gasteiger partial charge in [0.25, 0.3) is 0 Å². The summed E-state index contributed by atoms with van der Waals surface area (Å²) in [6, 6.07) is 3.70. The minimum absolute atomic E-state index is 0.347. The van der Waals surface area contributed by atoms with Gasteiger partial charge in [-0.1, -0.05) is 6.07 Å². The van der Waals surface area contributed by atoms with E-state index < -0.39 is 23.8 Å². The molecule has 1 aromatic carbocycles. The van der Waals surface area contributed by atoms with Gasteiger partial charge in [-0.15, -0.1) is 0 Å². The van der Waals surface area contributed by atoms with Crippen molar-refractivity contribution in [1.29, 1.82) is 0 Å². The molecule has 0 spiro atoms. The molecule has 1 heterocycles. The van der Waals surface area contributed by atoms with Gasteiger partial charge in [-0.25, -0.2) is 8.78 Å². The second kappa shape index (κ2) is 4.45. The number of β-amino-alcohol motifs (C(OH)–C–C–N with tert-alkyl or cyclic N) is 2. The van der Waals surface area contributed by atoms with Crippen molar-refractivity contribution in [1.82, 2.24) is 4.90 Å². The average Bonchev–Trinajstić information content (AvgIpc) is 2.52. The summed E-state index contributed by atoms with van der Waals surface area (Å²) in [6.07, 6.45) is -1.52. The number of likely N-dealkylation sites (tertiary alicyclic amines) is 1. The monoisotopic (exact) mass is 229 g/mol. The van der Waals surface area contributed by atoms with Crippen molar-refractivity contribution in [3.63, 3.8) is 0 Å². The molecule has 2 rings (SSSR count). The predicted octanol–water partition coefficient (Wildman–Crippen LogP) is 0.502. The lowest BCUT2D eigenvalue weighted by molar-refractivity contribution is 0.0572. The Morgan fingerprint density at radius 3 is 2.31 bits per heavy atom. The van der Waals surface area contributed by atoms with Crippen LogP contribution in [0.25, 0.3) is 0 Å². The Labute approximate surface area is 91.9 Å². The van der Waals surface area contributed by atoms with E-state index in [-0.39, 0.29) is 0 Å². The van der Waals surface area contributed by atoms with Gasteiger partial charge >= 0.3 is 0 Å². The van der Waals surface area contributed by atoms with Gasteiger partial charge in [0.05, 0.1) is 12.2 Å². The second-order valence-electron chi connectivity index (χ2n) is 4.08. The fourth-order valence-corrected chi connectivity index (χ4v) is 1.87. The highest BCUT2D eigenvalue weighted by atomic mass is 19.2. The lowest BCUT2D eigenvalue weighted by atomic mass is 10.2. The third-order valence-corrected chi connectivity index (χ3v) is 2.72. The highest BCUT2D eigenvalue weighted by Gasteiger charge is 2.29. The van der Waals surface area contributed by atoms with E-state index in [9.17, 15) is 19.0 Å². The molecular weight excluding hydrogens is 216 g/mol. The second-order valence-corrected chi connectivity index (χ2v) is 4.08. The molecule has 2 N–H and O–H groups in total. The van der Waals surface area contributed by atoms with Crippen LogP contribution >= 0.6 is 0 Å². The molecule has 16 heavy (non-hydrogen) atoms. The van der Waals surface area contributed by atoms with E-state index in [4.69, 9.17) is 0 Å². The van der Waals surface area contributed by atoms with Gasteiger partial charge in [-0.2, -0.15) is 0 Å². The third-order valence-electron chi connectivity index (χ3n) is 2.72. The van der Waals surface area contributed by atoms with Crippen LogP contribution in [-0.2, 0) is 6.54 Å². The highest BCUT2D eigenvalue weighted by molar-refractivity contribution is 5.17. The van der Waals surface area contributed by atoms with Crippen LogP contribution in [0.3, 0.4) is 0 Å². The molecule has 0 aliphatic carbocycles. The van der Waals surface area contributed by atoms with Gasteiger partial charge < -0.3 is 10.2 Å². The van der Waals surface area contributed by atoms with E-state index in [0.29, 0.717) is 25.2 Å². The number of rotatable bonds is 2. The molecule has 88 valence electrons. The number of nitrogens with zero attached hydrogens (tertiary/aromatic N) is 1. The van der Waals surface area contributed by atoms with Crippen molar-refractivity contribution in [2.24, 2.45) is 0 Å². The van der Waals surface area contributed by atoms with Crippen LogP contribution in [0.1, 0.15) is 5.56 Å². The maximum absolute atomic E-state index is 12.9. The Bertz CT molecular complexity index is 376. The number of benzene rings is 1. The average molecular weight is 229 g/mol. The topological polar surface area (TPSA) is 43.7 Å². The first kappa shape index (κ1) is 11.4. The zero-order chi connectivity index (χ0) is 11.7. The molecular formula is C11H13F2NO2. The van der Waals surface area contributed by atoms with Crippen LogP contribution < -0.4 is 0 Å². The molecule has 2 atom stereocenters. The zero-order valence-corrected chi connectivity index (χ0v) is 8.61. The van der Waals surface area contributed by atoms with Crippen molar-refractivity contribution < 1.29 is 19.0 Å². The van der Waals surface area contributed by atoms with Crippen LogP contribution in [0.4, 0.5) is 8.78 Å².